The van der Waals surface area contributed by atoms with Crippen molar-refractivity contribution in [2.45, 2.75) is 33.1 Å². The number of carbonyl (C=O) groups excluding carboxylic acids is 1. The van der Waals surface area contributed by atoms with Crippen molar-refractivity contribution < 1.29 is 9.90 Å². The van der Waals surface area contributed by atoms with E-state index in [0.717, 1.165) is 44.7 Å². The summed E-state index contributed by atoms with van der Waals surface area (Å²) in [4.78, 5) is 18.3. The first-order valence-electron chi connectivity index (χ1n) is 8.95. The quantitative estimate of drug-likeness (QED) is 0.455. The van der Waals surface area contributed by atoms with Gasteiger partial charge in [0.15, 0.2) is 0 Å². The molecule has 25 heavy (non-hydrogen) atoms. The normalized spacial score (nSPS) is 11.2. The van der Waals surface area contributed by atoms with Gasteiger partial charge in [0, 0.05) is 18.1 Å². The van der Waals surface area contributed by atoms with Crippen molar-refractivity contribution in [2.75, 3.05) is 31.5 Å². The highest BCUT2D eigenvalue weighted by Gasteiger charge is 2.15. The number of aromatic nitrogens is 1. The maximum Gasteiger partial charge on any atom is 0.252 e. The molecule has 0 atom stereocenters. The molecule has 0 spiro atoms. The molecule has 136 valence electrons. The van der Waals surface area contributed by atoms with Gasteiger partial charge in [-0.2, -0.15) is 0 Å². The number of primary amides is 1. The van der Waals surface area contributed by atoms with Crippen LogP contribution in [0.4, 0.5) is 5.69 Å². The number of rotatable bonds is 10. The molecule has 0 saturated heterocycles. The fraction of sp³-hybridized carbons (Fsp3) is 0.474. The Kier molecular flexibility index (Phi) is 7.01. The van der Waals surface area contributed by atoms with Crippen molar-refractivity contribution in [3.05, 3.63) is 30.0 Å². The summed E-state index contributed by atoms with van der Waals surface area (Å²) in [5.74, 6) is -0.758. The Morgan fingerprint density at radius 2 is 2.04 bits per heavy atom. The minimum Gasteiger partial charge on any atom is -0.506 e. The van der Waals surface area contributed by atoms with Crippen LogP contribution in [0.2, 0.25) is 0 Å². The first-order valence-corrected chi connectivity index (χ1v) is 8.95. The standard InChI is InChI=1S/C19H28N4O2/c1-3-23(4-2)12-7-5-6-10-21-16-13-15(19(20)25)18(24)14-9-8-11-22-17(14)16/h8-9,11,13,21,24H,3-7,10,12H2,1-2H3,(H2,20,25). The van der Waals surface area contributed by atoms with Crippen molar-refractivity contribution in [3.63, 3.8) is 0 Å². The van der Waals surface area contributed by atoms with Crippen LogP contribution < -0.4 is 11.1 Å². The molecule has 1 aromatic carbocycles. The number of phenols is 1. The Hall–Kier alpha value is -2.34. The third-order valence-electron chi connectivity index (χ3n) is 4.49. The molecule has 0 saturated carbocycles. The average Bonchev–Trinajstić information content (AvgIpc) is 2.62. The van der Waals surface area contributed by atoms with Crippen LogP contribution >= 0.6 is 0 Å². The summed E-state index contributed by atoms with van der Waals surface area (Å²) in [5, 5.41) is 14.1. The monoisotopic (exact) mass is 344 g/mol. The number of unbranched alkanes of at least 4 members (excludes halogenated alkanes) is 2. The van der Waals surface area contributed by atoms with Crippen LogP contribution in [0.1, 0.15) is 43.5 Å². The number of fused-ring (bicyclic) bond motifs is 1. The van der Waals surface area contributed by atoms with Crippen LogP contribution in [0, 0.1) is 0 Å². The number of hydrogen-bond donors (Lipinski definition) is 3. The van der Waals surface area contributed by atoms with Gasteiger partial charge in [0.25, 0.3) is 5.91 Å². The fourth-order valence-corrected chi connectivity index (χ4v) is 2.96. The number of hydrogen-bond acceptors (Lipinski definition) is 5. The maximum absolute atomic E-state index is 11.6. The highest BCUT2D eigenvalue weighted by molar-refractivity contribution is 6.06. The predicted octanol–water partition coefficient (Wildman–Crippen LogP) is 2.96. The molecular formula is C19H28N4O2. The van der Waals surface area contributed by atoms with E-state index in [1.807, 2.05) is 0 Å². The topological polar surface area (TPSA) is 91.5 Å². The van der Waals surface area contributed by atoms with Gasteiger partial charge >= 0.3 is 0 Å². The van der Waals surface area contributed by atoms with Gasteiger partial charge in [-0.15, -0.1) is 0 Å². The van der Waals surface area contributed by atoms with Crippen LogP contribution in [-0.4, -0.2) is 47.1 Å². The zero-order valence-electron chi connectivity index (χ0n) is 15.1. The molecule has 0 unspecified atom stereocenters. The lowest BCUT2D eigenvalue weighted by atomic mass is 10.1. The van der Waals surface area contributed by atoms with E-state index in [1.54, 1.807) is 24.4 Å². The molecule has 6 nitrogen and oxygen atoms in total. The molecule has 0 bridgehead atoms. The number of benzene rings is 1. The second kappa shape index (κ2) is 9.22. The van der Waals surface area contributed by atoms with Gasteiger partial charge in [-0.3, -0.25) is 9.78 Å². The second-order valence-electron chi connectivity index (χ2n) is 6.10. The molecule has 6 heteroatoms. The average molecular weight is 344 g/mol. The van der Waals surface area contributed by atoms with Gasteiger partial charge in [0.1, 0.15) is 5.75 Å². The van der Waals surface area contributed by atoms with Crippen LogP contribution in [0.3, 0.4) is 0 Å². The van der Waals surface area contributed by atoms with Gasteiger partial charge in [-0.25, -0.2) is 0 Å². The molecule has 0 radical (unpaired) electrons. The minimum absolute atomic E-state index is 0.111. The number of carbonyl (C=O) groups is 1. The Bertz CT molecular complexity index is 714. The number of nitrogens with one attached hydrogen (secondary N) is 1. The second-order valence-corrected chi connectivity index (χ2v) is 6.10. The van der Waals surface area contributed by atoms with Gasteiger partial charge in [-0.05, 0) is 50.7 Å². The molecule has 1 aromatic heterocycles. The molecule has 0 aliphatic carbocycles. The van der Waals surface area contributed by atoms with E-state index in [9.17, 15) is 9.90 Å². The number of aromatic hydroxyl groups is 1. The summed E-state index contributed by atoms with van der Waals surface area (Å²) in [6, 6.07) is 5.05. The van der Waals surface area contributed by atoms with Crippen LogP contribution in [0.25, 0.3) is 10.9 Å². The smallest absolute Gasteiger partial charge is 0.252 e. The molecule has 0 aliphatic rings. The first kappa shape index (κ1) is 19.0. The summed E-state index contributed by atoms with van der Waals surface area (Å²) in [6.07, 6.45) is 5.00. The lowest BCUT2D eigenvalue weighted by molar-refractivity contribution is 0.0998. The largest absolute Gasteiger partial charge is 0.506 e. The van der Waals surface area contributed by atoms with Gasteiger partial charge in [0.2, 0.25) is 0 Å². The lowest BCUT2D eigenvalue weighted by Crippen LogP contribution is -2.23. The summed E-state index contributed by atoms with van der Waals surface area (Å²) < 4.78 is 0. The van der Waals surface area contributed by atoms with Crippen LogP contribution in [-0.2, 0) is 0 Å². The van der Waals surface area contributed by atoms with E-state index in [0.29, 0.717) is 10.9 Å². The molecule has 2 rings (SSSR count). The third kappa shape index (κ3) is 4.82. The summed E-state index contributed by atoms with van der Waals surface area (Å²) in [5.41, 5.74) is 6.86. The van der Waals surface area contributed by atoms with E-state index < -0.39 is 5.91 Å². The molecule has 0 aliphatic heterocycles. The maximum atomic E-state index is 11.6. The van der Waals surface area contributed by atoms with Crippen LogP contribution in [0.15, 0.2) is 24.4 Å². The number of nitrogens with zero attached hydrogens (tertiary/aromatic N) is 2. The lowest BCUT2D eigenvalue weighted by Gasteiger charge is -2.17. The molecule has 4 N–H and O–H groups in total. The van der Waals surface area contributed by atoms with Gasteiger partial charge < -0.3 is 21.1 Å². The number of amides is 1. The number of nitrogens with two attached hydrogens (primary N) is 1. The molecule has 0 fully saturated rings. The highest BCUT2D eigenvalue weighted by atomic mass is 16.3. The van der Waals surface area contributed by atoms with Crippen molar-refractivity contribution >= 4 is 22.5 Å². The Morgan fingerprint density at radius 1 is 1.28 bits per heavy atom. The summed E-state index contributed by atoms with van der Waals surface area (Å²) in [6.45, 7) is 8.47. The van der Waals surface area contributed by atoms with Crippen molar-refractivity contribution in [1.82, 2.24) is 9.88 Å². The Balaban J connectivity index is 1.99. The Labute approximate surface area is 149 Å². The molecular weight excluding hydrogens is 316 g/mol. The van der Waals surface area contributed by atoms with E-state index in [1.165, 1.54) is 6.42 Å². The van der Waals surface area contributed by atoms with Gasteiger partial charge in [0.05, 0.1) is 16.8 Å². The van der Waals surface area contributed by atoms with E-state index >= 15 is 0 Å². The van der Waals surface area contributed by atoms with Crippen molar-refractivity contribution in [3.8, 4) is 5.75 Å². The number of pyridine rings is 1. The van der Waals surface area contributed by atoms with Crippen LogP contribution in [0.5, 0.6) is 5.75 Å². The zero-order chi connectivity index (χ0) is 18.2. The summed E-state index contributed by atoms with van der Waals surface area (Å²) in [7, 11) is 0. The van der Waals surface area contributed by atoms with E-state index in [4.69, 9.17) is 5.73 Å². The first-order chi connectivity index (χ1) is 12.1. The SMILES string of the molecule is CCN(CC)CCCCCNc1cc(C(N)=O)c(O)c2cccnc12. The van der Waals surface area contributed by atoms with Gasteiger partial charge in [-0.1, -0.05) is 20.3 Å². The van der Waals surface area contributed by atoms with E-state index in [-0.39, 0.29) is 11.3 Å². The molecule has 2 aromatic rings. The summed E-state index contributed by atoms with van der Waals surface area (Å²) >= 11 is 0. The number of anilines is 1. The minimum atomic E-state index is -0.648. The van der Waals surface area contributed by atoms with E-state index in [2.05, 4.69) is 29.0 Å². The van der Waals surface area contributed by atoms with Crippen molar-refractivity contribution in [2.24, 2.45) is 5.73 Å². The highest BCUT2D eigenvalue weighted by Crippen LogP contribution is 2.33. The predicted molar refractivity (Wildman–Crippen MR) is 102 cm³/mol. The molecule has 1 amide bonds. The fourth-order valence-electron chi connectivity index (χ4n) is 2.96. The molecule has 1 heterocycles. The third-order valence-corrected chi connectivity index (χ3v) is 4.49. The Morgan fingerprint density at radius 3 is 2.72 bits per heavy atom. The zero-order valence-corrected chi connectivity index (χ0v) is 15.1. The van der Waals surface area contributed by atoms with Crippen molar-refractivity contribution in [1.29, 1.82) is 0 Å².